The third kappa shape index (κ3) is 3.85. The number of carbonyl (C=O) groups is 1. The Balaban J connectivity index is 1.73. The number of hydrogen-bond donors (Lipinski definition) is 1. The quantitative estimate of drug-likeness (QED) is 0.720. The molecule has 1 aromatic carbocycles. The third-order valence-electron chi connectivity index (χ3n) is 3.98. The molecule has 0 saturated heterocycles. The first-order chi connectivity index (χ1) is 11.9. The first-order valence-electron chi connectivity index (χ1n) is 7.76. The molecule has 0 aliphatic rings. The van der Waals surface area contributed by atoms with Crippen molar-refractivity contribution in [2.75, 3.05) is 12.8 Å². The predicted octanol–water partition coefficient (Wildman–Crippen LogP) is 4.00. The van der Waals surface area contributed by atoms with Gasteiger partial charge in [0.25, 0.3) is 0 Å². The molecule has 2 heterocycles. The van der Waals surface area contributed by atoms with Gasteiger partial charge in [0.1, 0.15) is 11.6 Å². The van der Waals surface area contributed by atoms with Gasteiger partial charge in [0.15, 0.2) is 0 Å². The number of anilines is 1. The molecule has 128 valence electrons. The van der Waals surface area contributed by atoms with Gasteiger partial charge in [0.05, 0.1) is 6.54 Å². The first-order valence-corrected chi connectivity index (χ1v) is 8.58. The number of nitrogens with zero attached hydrogens (tertiary/aromatic N) is 2. The first kappa shape index (κ1) is 17.1. The van der Waals surface area contributed by atoms with Gasteiger partial charge in [-0.3, -0.25) is 4.79 Å². The molecule has 0 spiro atoms. The zero-order valence-electron chi connectivity index (χ0n) is 14.0. The molecule has 0 aliphatic carbocycles. The van der Waals surface area contributed by atoms with Crippen LogP contribution in [0.1, 0.15) is 16.0 Å². The second-order valence-electron chi connectivity index (χ2n) is 5.83. The van der Waals surface area contributed by atoms with Crippen molar-refractivity contribution in [2.24, 2.45) is 0 Å². The van der Waals surface area contributed by atoms with Crippen LogP contribution in [-0.2, 0) is 11.3 Å². The lowest BCUT2D eigenvalue weighted by Gasteiger charge is -2.14. The molecular weight excluding hydrogens is 337 g/mol. The summed E-state index contributed by atoms with van der Waals surface area (Å²) >= 11 is 1.59. The summed E-state index contributed by atoms with van der Waals surface area (Å²) in [6, 6.07) is 8.27. The molecule has 3 aromatic rings. The SMILES string of the molecule is Cc1c(CN(C)C(=O)C=Cc2ccc(N)nc2)sc2ccc(F)cc12. The Morgan fingerprint density at radius 3 is 2.88 bits per heavy atom. The predicted molar refractivity (Wildman–Crippen MR) is 101 cm³/mol. The van der Waals surface area contributed by atoms with Crippen molar-refractivity contribution in [3.05, 3.63) is 64.4 Å². The highest BCUT2D eigenvalue weighted by molar-refractivity contribution is 7.19. The summed E-state index contributed by atoms with van der Waals surface area (Å²) in [4.78, 5) is 19.0. The highest BCUT2D eigenvalue weighted by Crippen LogP contribution is 2.32. The zero-order chi connectivity index (χ0) is 18.0. The number of fused-ring (bicyclic) bond motifs is 1. The number of aryl methyl sites for hydroxylation is 1. The van der Waals surface area contributed by atoms with E-state index in [4.69, 9.17) is 5.73 Å². The number of nitrogen functional groups attached to an aromatic ring is 1. The summed E-state index contributed by atoms with van der Waals surface area (Å²) in [5.41, 5.74) is 7.37. The summed E-state index contributed by atoms with van der Waals surface area (Å²) in [6.07, 6.45) is 4.83. The van der Waals surface area contributed by atoms with E-state index in [1.807, 2.05) is 6.92 Å². The average Bonchev–Trinajstić information content (AvgIpc) is 2.90. The summed E-state index contributed by atoms with van der Waals surface area (Å²) in [5, 5.41) is 0.907. The molecule has 1 amide bonds. The van der Waals surface area contributed by atoms with Crippen LogP contribution in [0.25, 0.3) is 16.2 Å². The molecule has 0 bridgehead atoms. The Bertz CT molecular complexity index is 947. The van der Waals surface area contributed by atoms with E-state index in [2.05, 4.69) is 4.98 Å². The molecule has 0 saturated carbocycles. The topological polar surface area (TPSA) is 59.2 Å². The number of rotatable bonds is 4. The Labute approximate surface area is 149 Å². The van der Waals surface area contributed by atoms with Gasteiger partial charge >= 0.3 is 0 Å². The van der Waals surface area contributed by atoms with E-state index in [1.54, 1.807) is 59.8 Å². The highest BCUT2D eigenvalue weighted by atomic mass is 32.1. The molecule has 3 rings (SSSR count). The molecule has 2 aromatic heterocycles. The van der Waals surface area contributed by atoms with Crippen molar-refractivity contribution in [2.45, 2.75) is 13.5 Å². The monoisotopic (exact) mass is 355 g/mol. The molecule has 4 nitrogen and oxygen atoms in total. The van der Waals surface area contributed by atoms with E-state index < -0.39 is 0 Å². The maximum atomic E-state index is 13.4. The molecule has 0 unspecified atom stereocenters. The Kier molecular flexibility index (Phi) is 4.81. The van der Waals surface area contributed by atoms with Crippen molar-refractivity contribution in [1.29, 1.82) is 0 Å². The fourth-order valence-electron chi connectivity index (χ4n) is 2.50. The second-order valence-corrected chi connectivity index (χ2v) is 6.97. The minimum atomic E-state index is -0.246. The fourth-order valence-corrected chi connectivity index (χ4v) is 3.74. The number of carbonyl (C=O) groups excluding carboxylic acids is 1. The van der Waals surface area contributed by atoms with Crippen molar-refractivity contribution in [1.82, 2.24) is 9.88 Å². The van der Waals surface area contributed by atoms with Gasteiger partial charge in [-0.05, 0) is 59.8 Å². The van der Waals surface area contributed by atoms with E-state index in [0.717, 1.165) is 26.1 Å². The van der Waals surface area contributed by atoms with Crippen molar-refractivity contribution in [3.8, 4) is 0 Å². The molecule has 0 fully saturated rings. The summed E-state index contributed by atoms with van der Waals surface area (Å²) < 4.78 is 14.4. The van der Waals surface area contributed by atoms with Gasteiger partial charge in [0, 0.05) is 28.9 Å². The Hall–Kier alpha value is -2.73. The van der Waals surface area contributed by atoms with Gasteiger partial charge in [-0.1, -0.05) is 0 Å². The molecule has 2 N–H and O–H groups in total. The van der Waals surface area contributed by atoms with E-state index in [-0.39, 0.29) is 11.7 Å². The number of amides is 1. The molecule has 0 radical (unpaired) electrons. The Morgan fingerprint density at radius 1 is 1.36 bits per heavy atom. The van der Waals surface area contributed by atoms with E-state index >= 15 is 0 Å². The molecule has 0 atom stereocenters. The number of aromatic nitrogens is 1. The van der Waals surface area contributed by atoms with Crippen LogP contribution < -0.4 is 5.73 Å². The number of benzene rings is 1. The smallest absolute Gasteiger partial charge is 0.246 e. The van der Waals surface area contributed by atoms with Gasteiger partial charge in [-0.25, -0.2) is 9.37 Å². The number of nitrogens with two attached hydrogens (primary N) is 1. The lowest BCUT2D eigenvalue weighted by atomic mass is 10.1. The Morgan fingerprint density at radius 2 is 2.16 bits per heavy atom. The zero-order valence-corrected chi connectivity index (χ0v) is 14.8. The van der Waals surface area contributed by atoms with Crippen LogP contribution in [0.15, 0.2) is 42.6 Å². The highest BCUT2D eigenvalue weighted by Gasteiger charge is 2.13. The summed E-state index contributed by atoms with van der Waals surface area (Å²) in [6.45, 7) is 2.44. The number of thiophene rings is 1. The molecule has 0 aliphatic heterocycles. The number of pyridine rings is 1. The van der Waals surface area contributed by atoms with Crippen LogP contribution in [0, 0.1) is 12.7 Å². The number of halogens is 1. The van der Waals surface area contributed by atoms with Crippen molar-refractivity contribution < 1.29 is 9.18 Å². The van der Waals surface area contributed by atoms with Crippen molar-refractivity contribution >= 4 is 39.2 Å². The van der Waals surface area contributed by atoms with Crippen LogP contribution in [0.4, 0.5) is 10.2 Å². The second kappa shape index (κ2) is 7.03. The van der Waals surface area contributed by atoms with E-state index in [1.165, 1.54) is 12.1 Å². The fraction of sp³-hybridized carbons (Fsp3) is 0.158. The minimum Gasteiger partial charge on any atom is -0.384 e. The summed E-state index contributed by atoms with van der Waals surface area (Å²) in [5.74, 6) is 0.0848. The van der Waals surface area contributed by atoms with E-state index in [9.17, 15) is 9.18 Å². The molecular formula is C19H18FN3OS. The van der Waals surface area contributed by atoms with Crippen LogP contribution in [0.5, 0.6) is 0 Å². The maximum Gasteiger partial charge on any atom is 0.246 e. The lowest BCUT2D eigenvalue weighted by Crippen LogP contribution is -2.23. The van der Waals surface area contributed by atoms with Crippen LogP contribution in [-0.4, -0.2) is 22.8 Å². The normalized spacial score (nSPS) is 11.3. The average molecular weight is 355 g/mol. The molecule has 25 heavy (non-hydrogen) atoms. The number of likely N-dealkylation sites (N-methyl/N-ethyl adjacent to an activating group) is 1. The van der Waals surface area contributed by atoms with Crippen LogP contribution in [0.2, 0.25) is 0 Å². The van der Waals surface area contributed by atoms with E-state index in [0.29, 0.717) is 12.4 Å². The van der Waals surface area contributed by atoms with Gasteiger partial charge < -0.3 is 10.6 Å². The van der Waals surface area contributed by atoms with Gasteiger partial charge in [-0.15, -0.1) is 11.3 Å². The maximum absolute atomic E-state index is 13.4. The number of hydrogen-bond acceptors (Lipinski definition) is 4. The lowest BCUT2D eigenvalue weighted by molar-refractivity contribution is -0.125. The van der Waals surface area contributed by atoms with Gasteiger partial charge in [-0.2, -0.15) is 0 Å². The largest absolute Gasteiger partial charge is 0.384 e. The minimum absolute atomic E-state index is 0.111. The third-order valence-corrected chi connectivity index (χ3v) is 5.24. The van der Waals surface area contributed by atoms with Crippen LogP contribution in [0.3, 0.4) is 0 Å². The van der Waals surface area contributed by atoms with Crippen molar-refractivity contribution in [3.63, 3.8) is 0 Å². The van der Waals surface area contributed by atoms with Gasteiger partial charge in [0.2, 0.25) is 5.91 Å². The standard InChI is InChI=1S/C19H18FN3OS/c1-12-15-9-14(20)5-6-16(15)25-17(12)11-23(2)19(24)8-4-13-3-7-18(21)22-10-13/h3-10H,11H2,1-2H3,(H2,21,22). The van der Waals surface area contributed by atoms with Crippen LogP contribution >= 0.6 is 11.3 Å². The summed E-state index contributed by atoms with van der Waals surface area (Å²) in [7, 11) is 1.75. The molecule has 6 heteroatoms.